The summed E-state index contributed by atoms with van der Waals surface area (Å²) in [4.78, 5) is 18.3. The molecule has 2 saturated heterocycles. The van der Waals surface area contributed by atoms with Gasteiger partial charge in [0.2, 0.25) is 18.7 Å². The van der Waals surface area contributed by atoms with E-state index in [9.17, 15) is 0 Å². The van der Waals surface area contributed by atoms with Crippen molar-refractivity contribution in [1.82, 2.24) is 15.0 Å². The van der Waals surface area contributed by atoms with Crippen molar-refractivity contribution < 1.29 is 18.9 Å². The number of anilines is 3. The first-order valence-electron chi connectivity index (χ1n) is 10.3. The number of benzene rings is 1. The Morgan fingerprint density at radius 2 is 1.48 bits per heavy atom. The largest absolute Gasteiger partial charge is 0.454 e. The second-order valence-corrected chi connectivity index (χ2v) is 7.32. The van der Waals surface area contributed by atoms with E-state index >= 15 is 0 Å². The van der Waals surface area contributed by atoms with Gasteiger partial charge in [0.15, 0.2) is 11.5 Å². The summed E-state index contributed by atoms with van der Waals surface area (Å²) in [6, 6.07) is 5.70. The summed E-state index contributed by atoms with van der Waals surface area (Å²) in [5.74, 6) is 3.22. The van der Waals surface area contributed by atoms with E-state index in [-0.39, 0.29) is 6.79 Å². The van der Waals surface area contributed by atoms with Crippen LogP contribution in [0.2, 0.25) is 0 Å². The first-order chi connectivity index (χ1) is 15.3. The summed E-state index contributed by atoms with van der Waals surface area (Å²) in [7, 11) is 1.82. The van der Waals surface area contributed by atoms with Crippen LogP contribution in [0.15, 0.2) is 23.3 Å². The molecule has 0 spiro atoms. The van der Waals surface area contributed by atoms with E-state index < -0.39 is 0 Å². The van der Waals surface area contributed by atoms with Gasteiger partial charge in [-0.1, -0.05) is 0 Å². The minimum atomic E-state index is 0.245. The van der Waals surface area contributed by atoms with Gasteiger partial charge in [-0.25, -0.2) is 5.01 Å². The Labute approximate surface area is 180 Å². The average molecular weight is 427 g/mol. The van der Waals surface area contributed by atoms with Gasteiger partial charge in [0, 0.05) is 33.2 Å². The first kappa shape index (κ1) is 19.8. The zero-order chi connectivity index (χ0) is 21.0. The predicted octanol–water partition coefficient (Wildman–Crippen LogP) is 0.744. The maximum atomic E-state index is 5.47. The van der Waals surface area contributed by atoms with Crippen LogP contribution in [0.25, 0.3) is 0 Å². The fraction of sp³-hybridized carbons (Fsp3) is 0.500. The highest BCUT2D eigenvalue weighted by Crippen LogP contribution is 2.32. The lowest BCUT2D eigenvalue weighted by Crippen LogP contribution is -2.40. The summed E-state index contributed by atoms with van der Waals surface area (Å²) in [5.41, 5.74) is 0.895. The predicted molar refractivity (Wildman–Crippen MR) is 114 cm³/mol. The molecule has 11 heteroatoms. The molecule has 31 heavy (non-hydrogen) atoms. The van der Waals surface area contributed by atoms with Gasteiger partial charge in [-0.3, -0.25) is 0 Å². The highest BCUT2D eigenvalue weighted by atomic mass is 16.7. The summed E-state index contributed by atoms with van der Waals surface area (Å²) < 4.78 is 21.7. The van der Waals surface area contributed by atoms with Crippen LogP contribution in [0.5, 0.6) is 11.5 Å². The Hall–Kier alpha value is -3.18. The molecule has 0 N–H and O–H groups in total. The maximum Gasteiger partial charge on any atom is 0.252 e. The Balaban J connectivity index is 1.40. The Morgan fingerprint density at radius 1 is 0.871 bits per heavy atom. The number of fused-ring (bicyclic) bond motifs is 1. The average Bonchev–Trinajstić information content (AvgIpc) is 3.31. The van der Waals surface area contributed by atoms with Gasteiger partial charge in [-0.2, -0.15) is 20.1 Å². The molecule has 0 radical (unpaired) electrons. The Kier molecular flexibility index (Phi) is 5.67. The molecule has 0 aliphatic carbocycles. The SMILES string of the molecule is CN(N=Cc1ccc2c(c1)OCO2)c1nc(N2CCOCC2)nc(N2CCOCC2)n1. The van der Waals surface area contributed by atoms with Crippen molar-refractivity contribution in [3.8, 4) is 11.5 Å². The van der Waals surface area contributed by atoms with Crippen molar-refractivity contribution in [1.29, 1.82) is 0 Å². The molecule has 0 unspecified atom stereocenters. The van der Waals surface area contributed by atoms with Gasteiger partial charge in [-0.15, -0.1) is 0 Å². The van der Waals surface area contributed by atoms with Crippen LogP contribution < -0.4 is 24.3 Å². The van der Waals surface area contributed by atoms with Gasteiger partial charge < -0.3 is 28.7 Å². The minimum absolute atomic E-state index is 0.245. The molecular weight excluding hydrogens is 402 g/mol. The van der Waals surface area contributed by atoms with Crippen molar-refractivity contribution in [2.45, 2.75) is 0 Å². The van der Waals surface area contributed by atoms with E-state index in [4.69, 9.17) is 23.9 Å². The molecule has 4 heterocycles. The Bertz CT molecular complexity index is 909. The van der Waals surface area contributed by atoms with Crippen molar-refractivity contribution in [2.24, 2.45) is 5.10 Å². The molecule has 1 aromatic heterocycles. The molecule has 0 saturated carbocycles. The van der Waals surface area contributed by atoms with E-state index in [0.29, 0.717) is 44.3 Å². The smallest absolute Gasteiger partial charge is 0.252 e. The molecular formula is C20H25N7O4. The third-order valence-corrected chi connectivity index (χ3v) is 5.25. The van der Waals surface area contributed by atoms with Crippen molar-refractivity contribution in [2.75, 3.05) is 81.3 Å². The highest BCUT2D eigenvalue weighted by molar-refractivity contribution is 5.81. The van der Waals surface area contributed by atoms with Gasteiger partial charge in [-0.05, 0) is 23.8 Å². The third-order valence-electron chi connectivity index (χ3n) is 5.25. The summed E-state index contributed by atoms with van der Waals surface area (Å²) in [6.07, 6.45) is 1.74. The quantitative estimate of drug-likeness (QED) is 0.502. The molecule has 2 fully saturated rings. The molecule has 3 aliphatic heterocycles. The number of nitrogens with zero attached hydrogens (tertiary/aromatic N) is 7. The van der Waals surface area contributed by atoms with Crippen LogP contribution in [-0.4, -0.2) is 87.6 Å². The first-order valence-corrected chi connectivity index (χ1v) is 10.3. The van der Waals surface area contributed by atoms with Gasteiger partial charge in [0.05, 0.1) is 32.6 Å². The number of rotatable bonds is 5. The summed E-state index contributed by atoms with van der Waals surface area (Å²) >= 11 is 0. The second-order valence-electron chi connectivity index (χ2n) is 7.32. The van der Waals surface area contributed by atoms with Crippen LogP contribution in [0.3, 0.4) is 0 Å². The van der Waals surface area contributed by atoms with Gasteiger partial charge in [0.25, 0.3) is 5.95 Å². The maximum absolute atomic E-state index is 5.47. The van der Waals surface area contributed by atoms with Crippen LogP contribution in [-0.2, 0) is 9.47 Å². The molecule has 11 nitrogen and oxygen atoms in total. The van der Waals surface area contributed by atoms with E-state index in [1.165, 1.54) is 0 Å². The number of hydrazone groups is 1. The molecule has 0 atom stereocenters. The lowest BCUT2D eigenvalue weighted by atomic mass is 10.2. The normalized spacial score (nSPS) is 18.6. The monoisotopic (exact) mass is 427 g/mol. The number of hydrogen-bond acceptors (Lipinski definition) is 11. The lowest BCUT2D eigenvalue weighted by Gasteiger charge is -2.30. The lowest BCUT2D eigenvalue weighted by molar-refractivity contribution is 0.121. The third kappa shape index (κ3) is 4.47. The topological polar surface area (TPSA) is 97.7 Å². The zero-order valence-electron chi connectivity index (χ0n) is 17.4. The molecule has 0 amide bonds. The Morgan fingerprint density at radius 3 is 2.13 bits per heavy atom. The van der Waals surface area contributed by atoms with Crippen molar-refractivity contribution >= 4 is 24.1 Å². The molecule has 5 rings (SSSR count). The molecule has 2 aromatic rings. The zero-order valence-corrected chi connectivity index (χ0v) is 17.4. The van der Waals surface area contributed by atoms with Gasteiger partial charge >= 0.3 is 0 Å². The molecule has 1 aromatic carbocycles. The number of hydrogen-bond donors (Lipinski definition) is 0. The summed E-state index contributed by atoms with van der Waals surface area (Å²) in [6.45, 7) is 5.87. The van der Waals surface area contributed by atoms with Crippen LogP contribution in [0, 0.1) is 0 Å². The van der Waals surface area contributed by atoms with Crippen LogP contribution in [0.1, 0.15) is 5.56 Å². The molecule has 164 valence electrons. The standard InChI is InChI=1S/C20H25N7O4/c1-25(21-13-15-2-3-16-17(12-15)31-14-30-16)18-22-19(26-4-8-28-9-5-26)24-20(23-18)27-6-10-29-11-7-27/h2-3,12-13H,4-11,14H2,1H3. The number of aromatic nitrogens is 3. The van der Waals surface area contributed by atoms with Crippen molar-refractivity contribution in [3.63, 3.8) is 0 Å². The van der Waals surface area contributed by atoms with E-state index in [2.05, 4.69) is 24.9 Å². The van der Waals surface area contributed by atoms with E-state index in [1.807, 2.05) is 25.2 Å². The van der Waals surface area contributed by atoms with E-state index in [1.54, 1.807) is 11.2 Å². The number of morpholine rings is 2. The molecule has 3 aliphatic rings. The van der Waals surface area contributed by atoms with Crippen LogP contribution in [0.4, 0.5) is 17.8 Å². The highest BCUT2D eigenvalue weighted by Gasteiger charge is 2.22. The molecule has 0 bridgehead atoms. The fourth-order valence-corrected chi connectivity index (χ4v) is 3.50. The number of ether oxygens (including phenoxy) is 4. The van der Waals surface area contributed by atoms with Crippen molar-refractivity contribution in [3.05, 3.63) is 23.8 Å². The minimum Gasteiger partial charge on any atom is -0.454 e. The van der Waals surface area contributed by atoms with Crippen LogP contribution >= 0.6 is 0 Å². The van der Waals surface area contributed by atoms with E-state index in [0.717, 1.165) is 43.2 Å². The van der Waals surface area contributed by atoms with Gasteiger partial charge in [0.1, 0.15) is 0 Å². The fourth-order valence-electron chi connectivity index (χ4n) is 3.50. The summed E-state index contributed by atoms with van der Waals surface area (Å²) in [5, 5.41) is 6.19. The second kappa shape index (κ2) is 8.90.